The fourth-order valence-corrected chi connectivity index (χ4v) is 1.57. The van der Waals surface area contributed by atoms with Crippen molar-refractivity contribution in [3.63, 3.8) is 0 Å². The standard InChI is InChI=1S/C12H10ClN3O3/c1-19-10-3-2-8(6-14-10)16-11-9(13)4-7(5-15-11)12(17)18/h2-6H,1H3,(H,15,16)(H,17,18). The fourth-order valence-electron chi connectivity index (χ4n) is 1.36. The molecule has 2 aromatic heterocycles. The van der Waals surface area contributed by atoms with Gasteiger partial charge in [-0.3, -0.25) is 0 Å². The Morgan fingerprint density at radius 2 is 2.16 bits per heavy atom. The molecule has 98 valence electrons. The molecule has 7 heteroatoms. The number of anilines is 2. The van der Waals surface area contributed by atoms with Crippen molar-refractivity contribution in [3.8, 4) is 5.88 Å². The number of carbonyl (C=O) groups is 1. The van der Waals surface area contributed by atoms with Gasteiger partial charge in [0.1, 0.15) is 5.82 Å². The number of hydrogen-bond acceptors (Lipinski definition) is 5. The maximum atomic E-state index is 10.8. The highest BCUT2D eigenvalue weighted by molar-refractivity contribution is 6.33. The van der Waals surface area contributed by atoms with Gasteiger partial charge in [0.2, 0.25) is 5.88 Å². The second-order valence-corrected chi connectivity index (χ2v) is 3.98. The van der Waals surface area contributed by atoms with E-state index in [1.54, 1.807) is 18.3 Å². The zero-order valence-electron chi connectivity index (χ0n) is 9.92. The van der Waals surface area contributed by atoms with Crippen molar-refractivity contribution < 1.29 is 14.6 Å². The summed E-state index contributed by atoms with van der Waals surface area (Å²) in [5, 5.41) is 12.0. The van der Waals surface area contributed by atoms with E-state index in [2.05, 4.69) is 15.3 Å². The summed E-state index contributed by atoms with van der Waals surface area (Å²) in [6, 6.07) is 4.76. The van der Waals surface area contributed by atoms with Gasteiger partial charge >= 0.3 is 5.97 Å². The Morgan fingerprint density at radius 1 is 1.37 bits per heavy atom. The number of pyridine rings is 2. The van der Waals surface area contributed by atoms with Crippen LogP contribution >= 0.6 is 11.6 Å². The Morgan fingerprint density at radius 3 is 2.68 bits per heavy atom. The summed E-state index contributed by atoms with van der Waals surface area (Å²) in [4.78, 5) is 18.7. The van der Waals surface area contributed by atoms with Crippen LogP contribution in [0.1, 0.15) is 10.4 Å². The summed E-state index contributed by atoms with van der Waals surface area (Å²) in [6.45, 7) is 0. The van der Waals surface area contributed by atoms with Crippen molar-refractivity contribution >= 4 is 29.1 Å². The van der Waals surface area contributed by atoms with E-state index in [0.717, 1.165) is 0 Å². The van der Waals surface area contributed by atoms with Gasteiger partial charge in [-0.2, -0.15) is 0 Å². The molecule has 0 amide bonds. The average Bonchev–Trinajstić information content (AvgIpc) is 2.41. The molecule has 0 aromatic carbocycles. The molecule has 6 nitrogen and oxygen atoms in total. The van der Waals surface area contributed by atoms with Gasteiger partial charge in [-0.15, -0.1) is 0 Å². The number of ether oxygens (including phenoxy) is 1. The fraction of sp³-hybridized carbons (Fsp3) is 0.0833. The van der Waals surface area contributed by atoms with E-state index in [0.29, 0.717) is 17.4 Å². The zero-order chi connectivity index (χ0) is 13.8. The number of halogens is 1. The summed E-state index contributed by atoms with van der Waals surface area (Å²) in [5.74, 6) is -0.225. The molecule has 0 aliphatic carbocycles. The van der Waals surface area contributed by atoms with Crippen LogP contribution in [0.15, 0.2) is 30.6 Å². The molecule has 19 heavy (non-hydrogen) atoms. The number of carboxylic acids is 1. The summed E-state index contributed by atoms with van der Waals surface area (Å²) >= 11 is 5.95. The number of aromatic carboxylic acids is 1. The third-order valence-corrected chi connectivity index (χ3v) is 2.58. The van der Waals surface area contributed by atoms with Crippen LogP contribution in [0.25, 0.3) is 0 Å². The van der Waals surface area contributed by atoms with E-state index >= 15 is 0 Å². The first kappa shape index (κ1) is 13.1. The van der Waals surface area contributed by atoms with Gasteiger partial charge in [-0.1, -0.05) is 11.6 Å². The van der Waals surface area contributed by atoms with Crippen LogP contribution in [0, 0.1) is 0 Å². The third kappa shape index (κ3) is 3.11. The van der Waals surface area contributed by atoms with Crippen LogP contribution in [0.3, 0.4) is 0 Å². The number of rotatable bonds is 4. The minimum absolute atomic E-state index is 0.0309. The normalized spacial score (nSPS) is 10.0. The Balaban J connectivity index is 2.20. The molecule has 0 spiro atoms. The first-order valence-electron chi connectivity index (χ1n) is 5.26. The largest absolute Gasteiger partial charge is 0.481 e. The lowest BCUT2D eigenvalue weighted by atomic mass is 10.3. The first-order chi connectivity index (χ1) is 9.10. The maximum absolute atomic E-state index is 10.8. The molecule has 0 saturated carbocycles. The molecule has 0 bridgehead atoms. The molecule has 0 unspecified atom stereocenters. The van der Waals surface area contributed by atoms with Gasteiger partial charge in [-0.05, 0) is 12.1 Å². The van der Waals surface area contributed by atoms with Crippen LogP contribution in [0.5, 0.6) is 5.88 Å². The molecule has 2 rings (SSSR count). The second-order valence-electron chi connectivity index (χ2n) is 3.57. The topological polar surface area (TPSA) is 84.3 Å². The number of carboxylic acid groups (broad SMARTS) is 1. The number of nitrogens with zero attached hydrogens (tertiary/aromatic N) is 2. The smallest absolute Gasteiger partial charge is 0.337 e. The van der Waals surface area contributed by atoms with Crippen LogP contribution in [-0.2, 0) is 0 Å². The van der Waals surface area contributed by atoms with Crippen molar-refractivity contribution in [1.82, 2.24) is 9.97 Å². The second kappa shape index (κ2) is 5.53. The first-order valence-corrected chi connectivity index (χ1v) is 5.64. The van der Waals surface area contributed by atoms with E-state index in [1.165, 1.54) is 19.4 Å². The molecule has 0 aliphatic heterocycles. The molecule has 0 saturated heterocycles. The van der Waals surface area contributed by atoms with Gasteiger partial charge in [0, 0.05) is 12.3 Å². The Kier molecular flexibility index (Phi) is 3.82. The number of methoxy groups -OCH3 is 1. The van der Waals surface area contributed by atoms with E-state index in [-0.39, 0.29) is 10.6 Å². The molecule has 0 radical (unpaired) electrons. The van der Waals surface area contributed by atoms with E-state index < -0.39 is 5.97 Å². The van der Waals surface area contributed by atoms with Gasteiger partial charge < -0.3 is 15.2 Å². The van der Waals surface area contributed by atoms with Gasteiger partial charge in [0.15, 0.2) is 0 Å². The third-order valence-electron chi connectivity index (χ3n) is 2.30. The molecule has 2 aromatic rings. The van der Waals surface area contributed by atoms with Crippen molar-refractivity contribution in [2.45, 2.75) is 0 Å². The highest BCUT2D eigenvalue weighted by atomic mass is 35.5. The Labute approximate surface area is 114 Å². The molecule has 0 aliphatic rings. The quantitative estimate of drug-likeness (QED) is 0.895. The average molecular weight is 280 g/mol. The van der Waals surface area contributed by atoms with Gasteiger partial charge in [0.05, 0.1) is 29.6 Å². The number of hydrogen-bond donors (Lipinski definition) is 2. The van der Waals surface area contributed by atoms with E-state index in [1.807, 2.05) is 0 Å². The summed E-state index contributed by atoms with van der Waals surface area (Å²) in [7, 11) is 1.53. The molecule has 0 fully saturated rings. The molecule has 2 N–H and O–H groups in total. The van der Waals surface area contributed by atoms with Crippen LogP contribution < -0.4 is 10.1 Å². The predicted molar refractivity (Wildman–Crippen MR) is 70.3 cm³/mol. The lowest BCUT2D eigenvalue weighted by Gasteiger charge is -2.08. The van der Waals surface area contributed by atoms with Gasteiger partial charge in [0.25, 0.3) is 0 Å². The van der Waals surface area contributed by atoms with Crippen LogP contribution in [-0.4, -0.2) is 28.2 Å². The van der Waals surface area contributed by atoms with Crippen LogP contribution in [0.4, 0.5) is 11.5 Å². The van der Waals surface area contributed by atoms with Gasteiger partial charge in [-0.25, -0.2) is 14.8 Å². The lowest BCUT2D eigenvalue weighted by Crippen LogP contribution is -2.00. The van der Waals surface area contributed by atoms with E-state index in [4.69, 9.17) is 21.4 Å². The Hall–Kier alpha value is -2.34. The SMILES string of the molecule is COc1ccc(Nc2ncc(C(=O)O)cc2Cl)cn1. The molecular weight excluding hydrogens is 270 g/mol. The lowest BCUT2D eigenvalue weighted by molar-refractivity contribution is 0.0696. The molecular formula is C12H10ClN3O3. The zero-order valence-corrected chi connectivity index (χ0v) is 10.7. The number of aromatic nitrogens is 2. The summed E-state index contributed by atoms with van der Waals surface area (Å²) < 4.78 is 4.94. The predicted octanol–water partition coefficient (Wildman–Crippen LogP) is 2.58. The van der Waals surface area contributed by atoms with Crippen molar-refractivity contribution in [2.24, 2.45) is 0 Å². The Bertz CT molecular complexity index is 602. The minimum atomic E-state index is -1.08. The highest BCUT2D eigenvalue weighted by Gasteiger charge is 2.08. The maximum Gasteiger partial charge on any atom is 0.337 e. The highest BCUT2D eigenvalue weighted by Crippen LogP contribution is 2.24. The monoisotopic (exact) mass is 279 g/mol. The molecule has 2 heterocycles. The minimum Gasteiger partial charge on any atom is -0.481 e. The van der Waals surface area contributed by atoms with E-state index in [9.17, 15) is 4.79 Å². The van der Waals surface area contributed by atoms with Crippen molar-refractivity contribution in [2.75, 3.05) is 12.4 Å². The summed E-state index contributed by atoms with van der Waals surface area (Å²) in [5.41, 5.74) is 0.696. The van der Waals surface area contributed by atoms with Crippen molar-refractivity contribution in [3.05, 3.63) is 41.2 Å². The van der Waals surface area contributed by atoms with Crippen LogP contribution in [0.2, 0.25) is 5.02 Å². The van der Waals surface area contributed by atoms with Crippen molar-refractivity contribution in [1.29, 1.82) is 0 Å². The number of nitrogens with one attached hydrogen (secondary N) is 1. The molecule has 0 atom stereocenters. The summed E-state index contributed by atoms with van der Waals surface area (Å²) in [6.07, 6.45) is 2.79.